The van der Waals surface area contributed by atoms with Crippen LogP contribution in [0.15, 0.2) is 77.2 Å². The van der Waals surface area contributed by atoms with E-state index < -0.39 is 0 Å². The summed E-state index contributed by atoms with van der Waals surface area (Å²) in [4.78, 5) is 30.1. The van der Waals surface area contributed by atoms with E-state index in [1.54, 1.807) is 24.3 Å². The van der Waals surface area contributed by atoms with E-state index in [1.807, 2.05) is 11.8 Å². The summed E-state index contributed by atoms with van der Waals surface area (Å²) < 4.78 is 0. The number of para-hydroxylation sites is 1. The highest BCUT2D eigenvalue weighted by Crippen LogP contribution is 2.43. The van der Waals surface area contributed by atoms with Crippen molar-refractivity contribution in [2.45, 2.75) is 22.6 Å². The van der Waals surface area contributed by atoms with Gasteiger partial charge >= 0.3 is 0 Å². The number of fused-ring (bicyclic) bond motifs is 3. The Hall–Kier alpha value is -2.79. The number of rotatable bonds is 3. The highest BCUT2D eigenvalue weighted by atomic mass is 32.2. The molecule has 0 fully saturated rings. The Kier molecular flexibility index (Phi) is 4.13. The lowest BCUT2D eigenvalue weighted by Crippen LogP contribution is -2.42. The van der Waals surface area contributed by atoms with E-state index in [9.17, 15) is 9.59 Å². The summed E-state index contributed by atoms with van der Waals surface area (Å²) in [5.74, 6) is -0.365. The Morgan fingerprint density at radius 1 is 0.964 bits per heavy atom. The molecule has 4 nitrogen and oxygen atoms in total. The number of likely N-dealkylation sites (N-methyl/N-ethyl adjacent to an activating group) is 1. The van der Waals surface area contributed by atoms with Crippen LogP contribution in [0.1, 0.15) is 27.1 Å². The molecule has 0 N–H and O–H groups in total. The molecule has 2 aromatic rings. The van der Waals surface area contributed by atoms with Crippen molar-refractivity contribution < 1.29 is 9.59 Å². The normalized spacial score (nSPS) is 22.7. The molecule has 0 spiro atoms. The molecule has 0 aromatic heterocycles. The number of anilines is 1. The Labute approximate surface area is 168 Å². The fourth-order valence-electron chi connectivity index (χ4n) is 4.15. The quantitative estimate of drug-likeness (QED) is 0.741. The van der Waals surface area contributed by atoms with Crippen molar-refractivity contribution in [3.63, 3.8) is 0 Å². The van der Waals surface area contributed by atoms with Crippen molar-refractivity contribution >= 4 is 29.3 Å². The third-order valence-corrected chi connectivity index (χ3v) is 6.99. The van der Waals surface area contributed by atoms with Gasteiger partial charge in [-0.1, -0.05) is 42.5 Å². The average Bonchev–Trinajstić information content (AvgIpc) is 2.97. The molecule has 0 saturated carbocycles. The summed E-state index contributed by atoms with van der Waals surface area (Å²) in [6.07, 6.45) is 7.35. The van der Waals surface area contributed by atoms with E-state index in [-0.39, 0.29) is 17.9 Å². The molecule has 5 heteroatoms. The van der Waals surface area contributed by atoms with Gasteiger partial charge in [0.05, 0.1) is 28.1 Å². The molecular weight excluding hydrogens is 368 g/mol. The number of nitrogens with zero attached hydrogens (tertiary/aromatic N) is 2. The second-order valence-electron chi connectivity index (χ2n) is 7.31. The fourth-order valence-corrected chi connectivity index (χ4v) is 5.49. The smallest absolute Gasteiger partial charge is 0.261 e. The Morgan fingerprint density at radius 3 is 2.39 bits per heavy atom. The second kappa shape index (κ2) is 6.67. The van der Waals surface area contributed by atoms with Crippen LogP contribution in [0.25, 0.3) is 0 Å². The zero-order valence-electron chi connectivity index (χ0n) is 15.5. The number of allylic oxidation sites excluding steroid dienone is 1. The van der Waals surface area contributed by atoms with Gasteiger partial charge in [0.25, 0.3) is 11.8 Å². The van der Waals surface area contributed by atoms with Gasteiger partial charge in [0.2, 0.25) is 0 Å². The summed E-state index contributed by atoms with van der Waals surface area (Å²) in [6.45, 7) is 0.410. The van der Waals surface area contributed by atoms with Crippen LogP contribution in [-0.2, 0) is 0 Å². The van der Waals surface area contributed by atoms with E-state index in [4.69, 9.17) is 0 Å². The van der Waals surface area contributed by atoms with Crippen molar-refractivity contribution in [2.24, 2.45) is 0 Å². The topological polar surface area (TPSA) is 40.6 Å². The standard InChI is InChI=1S/C23H20N2O2S/c1-24-18-8-4-5-9-20(18)28-21-11-10-15(14-19(21)24)12-13-25-22(26)16-6-2-3-7-17(16)23(25)27/h2-11,14,19,21H,12-13H2,1H3/t19-,21-/m0/s1. The first-order chi connectivity index (χ1) is 13.6. The number of thioether (sulfide) groups is 1. The lowest BCUT2D eigenvalue weighted by molar-refractivity contribution is 0.0656. The summed E-state index contributed by atoms with van der Waals surface area (Å²) in [5.41, 5.74) is 3.45. The van der Waals surface area contributed by atoms with Crippen molar-refractivity contribution in [1.29, 1.82) is 0 Å². The molecule has 28 heavy (non-hydrogen) atoms. The summed E-state index contributed by atoms with van der Waals surface area (Å²) in [7, 11) is 2.13. The maximum absolute atomic E-state index is 12.6. The number of benzene rings is 2. The molecule has 2 aliphatic heterocycles. The lowest BCUT2D eigenvalue weighted by Gasteiger charge is -2.40. The van der Waals surface area contributed by atoms with Gasteiger partial charge in [-0.15, -0.1) is 11.8 Å². The molecule has 2 amide bonds. The molecule has 2 heterocycles. The molecule has 3 aliphatic rings. The largest absolute Gasteiger partial charge is 0.366 e. The van der Waals surface area contributed by atoms with Gasteiger partial charge in [-0.05, 0) is 36.3 Å². The summed E-state index contributed by atoms with van der Waals surface area (Å²) >= 11 is 1.89. The van der Waals surface area contributed by atoms with Crippen LogP contribution in [-0.4, -0.2) is 41.6 Å². The molecule has 0 radical (unpaired) electrons. The molecular formula is C23H20N2O2S. The number of imide groups is 1. The van der Waals surface area contributed by atoms with Gasteiger partial charge in [-0.2, -0.15) is 0 Å². The van der Waals surface area contributed by atoms with E-state index in [0.29, 0.717) is 29.3 Å². The first-order valence-electron chi connectivity index (χ1n) is 9.46. The minimum absolute atomic E-state index is 0.182. The van der Waals surface area contributed by atoms with Crippen LogP contribution in [0, 0.1) is 0 Å². The van der Waals surface area contributed by atoms with E-state index in [0.717, 1.165) is 0 Å². The van der Waals surface area contributed by atoms with Gasteiger partial charge in [0, 0.05) is 18.5 Å². The number of carbonyl (C=O) groups excluding carboxylic acids is 2. The van der Waals surface area contributed by atoms with Gasteiger partial charge in [-0.25, -0.2) is 0 Å². The number of hydrogen-bond acceptors (Lipinski definition) is 4. The van der Waals surface area contributed by atoms with Crippen molar-refractivity contribution in [1.82, 2.24) is 4.90 Å². The van der Waals surface area contributed by atoms with Crippen molar-refractivity contribution in [2.75, 3.05) is 18.5 Å². The molecule has 2 atom stereocenters. The third-order valence-electron chi connectivity index (χ3n) is 5.68. The van der Waals surface area contributed by atoms with Crippen LogP contribution < -0.4 is 4.90 Å². The van der Waals surface area contributed by atoms with E-state index >= 15 is 0 Å². The van der Waals surface area contributed by atoms with Gasteiger partial charge in [0.15, 0.2) is 0 Å². The highest BCUT2D eigenvalue weighted by molar-refractivity contribution is 8.00. The molecule has 2 aromatic carbocycles. The van der Waals surface area contributed by atoms with Crippen LogP contribution >= 0.6 is 11.8 Å². The van der Waals surface area contributed by atoms with Gasteiger partial charge < -0.3 is 4.90 Å². The average molecular weight is 388 g/mol. The monoisotopic (exact) mass is 388 g/mol. The maximum atomic E-state index is 12.6. The summed E-state index contributed by atoms with van der Waals surface area (Å²) in [5, 5.41) is 0.378. The molecule has 140 valence electrons. The Balaban J connectivity index is 1.32. The first kappa shape index (κ1) is 17.3. The Morgan fingerprint density at radius 2 is 1.64 bits per heavy atom. The van der Waals surface area contributed by atoms with Gasteiger partial charge in [-0.3, -0.25) is 14.5 Å². The van der Waals surface area contributed by atoms with Crippen molar-refractivity contribution in [3.05, 3.63) is 83.5 Å². The van der Waals surface area contributed by atoms with E-state index in [2.05, 4.69) is 54.4 Å². The zero-order chi connectivity index (χ0) is 19.3. The van der Waals surface area contributed by atoms with Crippen LogP contribution in [0.2, 0.25) is 0 Å². The van der Waals surface area contributed by atoms with Crippen LogP contribution in [0.4, 0.5) is 5.69 Å². The fraction of sp³-hybridized carbons (Fsp3) is 0.217. The number of amides is 2. The zero-order valence-corrected chi connectivity index (χ0v) is 16.4. The van der Waals surface area contributed by atoms with E-state index in [1.165, 1.54) is 21.1 Å². The minimum atomic E-state index is -0.182. The maximum Gasteiger partial charge on any atom is 0.261 e. The van der Waals surface area contributed by atoms with Crippen LogP contribution in [0.3, 0.4) is 0 Å². The van der Waals surface area contributed by atoms with Gasteiger partial charge in [0.1, 0.15) is 0 Å². The molecule has 0 unspecified atom stereocenters. The number of carbonyl (C=O) groups is 2. The first-order valence-corrected chi connectivity index (χ1v) is 10.3. The summed E-state index contributed by atoms with van der Waals surface area (Å²) in [6, 6.07) is 15.8. The number of hydrogen-bond donors (Lipinski definition) is 0. The lowest BCUT2D eigenvalue weighted by atomic mass is 9.98. The second-order valence-corrected chi connectivity index (χ2v) is 8.53. The molecule has 5 rings (SSSR count). The third kappa shape index (κ3) is 2.69. The predicted octanol–water partition coefficient (Wildman–Crippen LogP) is 4.15. The SMILES string of the molecule is CN1c2ccccc2S[C@H]2C=CC(CCN3C(=O)c4ccccc4C3=O)=C[C@@H]21. The molecule has 0 saturated heterocycles. The predicted molar refractivity (Wildman–Crippen MR) is 112 cm³/mol. The molecule has 1 aliphatic carbocycles. The minimum Gasteiger partial charge on any atom is -0.366 e. The van der Waals surface area contributed by atoms with Crippen molar-refractivity contribution in [3.8, 4) is 0 Å². The van der Waals surface area contributed by atoms with Crippen LogP contribution in [0.5, 0.6) is 0 Å². The highest BCUT2D eigenvalue weighted by Gasteiger charge is 2.35. The molecule has 0 bridgehead atoms. The Bertz CT molecular complexity index is 1010.